The minimum absolute atomic E-state index is 0.170. The van der Waals surface area contributed by atoms with Gasteiger partial charge in [-0.25, -0.2) is 9.37 Å². The fourth-order valence-electron chi connectivity index (χ4n) is 1.75. The molecule has 2 rings (SSSR count). The first kappa shape index (κ1) is 14.3. The normalized spacial score (nSPS) is 10.2. The van der Waals surface area contributed by atoms with Gasteiger partial charge in [-0.3, -0.25) is 4.79 Å². The Morgan fingerprint density at radius 2 is 2.10 bits per heavy atom. The van der Waals surface area contributed by atoms with E-state index in [1.807, 2.05) is 24.5 Å². The molecule has 2 N–H and O–H groups in total. The maximum atomic E-state index is 13.3. The highest BCUT2D eigenvalue weighted by molar-refractivity contribution is 7.98. The summed E-state index contributed by atoms with van der Waals surface area (Å²) in [4.78, 5) is 17.0. The number of rotatable bonds is 4. The van der Waals surface area contributed by atoms with E-state index in [1.54, 1.807) is 13.1 Å². The smallest absolute Gasteiger partial charge is 0.259 e. The predicted octanol–water partition coefficient (Wildman–Crippen LogP) is 3.24. The van der Waals surface area contributed by atoms with Gasteiger partial charge in [-0.15, -0.1) is 11.8 Å². The van der Waals surface area contributed by atoms with Crippen LogP contribution in [0.1, 0.15) is 10.4 Å². The highest BCUT2D eigenvalue weighted by atomic mass is 32.2. The van der Waals surface area contributed by atoms with Crippen LogP contribution in [-0.2, 0) is 0 Å². The SMILES string of the molecule is CNc1ncc(F)cc1C(=O)Nc1ccccc1SC. The molecule has 0 aliphatic carbocycles. The van der Waals surface area contributed by atoms with Crippen molar-refractivity contribution in [1.82, 2.24) is 4.98 Å². The Labute approximate surface area is 120 Å². The maximum Gasteiger partial charge on any atom is 0.259 e. The molecule has 0 atom stereocenters. The van der Waals surface area contributed by atoms with Crippen LogP contribution in [0.25, 0.3) is 0 Å². The average molecular weight is 291 g/mol. The Morgan fingerprint density at radius 1 is 1.35 bits per heavy atom. The molecule has 0 saturated heterocycles. The van der Waals surface area contributed by atoms with Crippen molar-refractivity contribution in [1.29, 1.82) is 0 Å². The fourth-order valence-corrected chi connectivity index (χ4v) is 2.30. The van der Waals surface area contributed by atoms with E-state index in [2.05, 4.69) is 15.6 Å². The minimum atomic E-state index is -0.549. The molecule has 0 bridgehead atoms. The molecule has 1 aromatic carbocycles. The Morgan fingerprint density at radius 3 is 2.80 bits per heavy atom. The van der Waals surface area contributed by atoms with Crippen LogP contribution in [0.15, 0.2) is 41.4 Å². The molecule has 1 aromatic heterocycles. The van der Waals surface area contributed by atoms with Crippen molar-refractivity contribution in [2.45, 2.75) is 4.90 Å². The molecule has 1 amide bonds. The van der Waals surface area contributed by atoms with Crippen LogP contribution in [0.3, 0.4) is 0 Å². The number of nitrogens with one attached hydrogen (secondary N) is 2. The third-order valence-corrected chi connectivity index (χ3v) is 3.49. The number of aromatic nitrogens is 1. The summed E-state index contributed by atoms with van der Waals surface area (Å²) in [5.41, 5.74) is 0.861. The van der Waals surface area contributed by atoms with E-state index in [1.165, 1.54) is 11.8 Å². The molecular weight excluding hydrogens is 277 g/mol. The first-order chi connectivity index (χ1) is 9.65. The Kier molecular flexibility index (Phi) is 4.57. The summed E-state index contributed by atoms with van der Waals surface area (Å²) >= 11 is 1.53. The lowest BCUT2D eigenvalue weighted by atomic mass is 10.2. The largest absolute Gasteiger partial charge is 0.372 e. The molecule has 104 valence electrons. The standard InChI is InChI=1S/C14H14FN3OS/c1-16-13-10(7-9(15)8-17-13)14(19)18-11-5-3-4-6-12(11)20-2/h3-8H,1-2H3,(H,16,17)(H,18,19). The number of pyridine rings is 1. The maximum absolute atomic E-state index is 13.3. The van der Waals surface area contributed by atoms with Gasteiger partial charge in [0.15, 0.2) is 0 Å². The van der Waals surface area contributed by atoms with Gasteiger partial charge in [-0.05, 0) is 24.5 Å². The molecule has 0 aliphatic heterocycles. The number of amides is 1. The van der Waals surface area contributed by atoms with E-state index in [0.717, 1.165) is 17.2 Å². The molecule has 0 spiro atoms. The summed E-state index contributed by atoms with van der Waals surface area (Å²) in [6.45, 7) is 0. The number of benzene rings is 1. The average Bonchev–Trinajstić information content (AvgIpc) is 2.47. The summed E-state index contributed by atoms with van der Waals surface area (Å²) in [7, 11) is 1.63. The number of anilines is 2. The van der Waals surface area contributed by atoms with Crippen LogP contribution in [0, 0.1) is 5.82 Å². The number of para-hydroxylation sites is 1. The van der Waals surface area contributed by atoms with Gasteiger partial charge >= 0.3 is 0 Å². The molecule has 0 radical (unpaired) electrons. The van der Waals surface area contributed by atoms with Gasteiger partial charge < -0.3 is 10.6 Å². The highest BCUT2D eigenvalue weighted by Gasteiger charge is 2.14. The quantitative estimate of drug-likeness (QED) is 0.849. The van der Waals surface area contributed by atoms with Crippen LogP contribution in [0.4, 0.5) is 15.9 Å². The lowest BCUT2D eigenvalue weighted by Gasteiger charge is -2.11. The number of carbonyl (C=O) groups is 1. The monoisotopic (exact) mass is 291 g/mol. The molecule has 6 heteroatoms. The highest BCUT2D eigenvalue weighted by Crippen LogP contribution is 2.25. The summed E-state index contributed by atoms with van der Waals surface area (Å²) in [6.07, 6.45) is 2.99. The minimum Gasteiger partial charge on any atom is -0.372 e. The third kappa shape index (κ3) is 3.08. The molecule has 4 nitrogen and oxygen atoms in total. The lowest BCUT2D eigenvalue weighted by molar-refractivity contribution is 0.102. The van der Waals surface area contributed by atoms with Gasteiger partial charge in [0, 0.05) is 11.9 Å². The number of carbonyl (C=O) groups excluding carboxylic acids is 1. The van der Waals surface area contributed by atoms with Crippen LogP contribution in [0.5, 0.6) is 0 Å². The molecule has 0 aliphatic rings. The van der Waals surface area contributed by atoms with Crippen molar-refractivity contribution in [2.24, 2.45) is 0 Å². The fraction of sp³-hybridized carbons (Fsp3) is 0.143. The van der Waals surface area contributed by atoms with Crippen LogP contribution in [0.2, 0.25) is 0 Å². The number of hydrogen-bond acceptors (Lipinski definition) is 4. The van der Waals surface area contributed by atoms with Crippen molar-refractivity contribution in [3.63, 3.8) is 0 Å². The van der Waals surface area contributed by atoms with Crippen LogP contribution >= 0.6 is 11.8 Å². The molecule has 0 unspecified atom stereocenters. The zero-order valence-electron chi connectivity index (χ0n) is 11.1. The first-order valence-corrected chi connectivity index (χ1v) is 7.16. The van der Waals surface area contributed by atoms with E-state index in [4.69, 9.17) is 0 Å². The summed E-state index contributed by atoms with van der Waals surface area (Å²) in [5, 5.41) is 5.55. The molecule has 1 heterocycles. The topological polar surface area (TPSA) is 54.0 Å². The number of halogens is 1. The zero-order chi connectivity index (χ0) is 14.5. The second-order valence-corrected chi connectivity index (χ2v) is 4.80. The second-order valence-electron chi connectivity index (χ2n) is 3.95. The van der Waals surface area contributed by atoms with Gasteiger partial charge in [-0.2, -0.15) is 0 Å². The number of thioether (sulfide) groups is 1. The van der Waals surface area contributed by atoms with E-state index in [-0.39, 0.29) is 5.56 Å². The number of nitrogens with zero attached hydrogens (tertiary/aromatic N) is 1. The summed E-state index contributed by atoms with van der Waals surface area (Å²) < 4.78 is 13.3. The van der Waals surface area contributed by atoms with Crippen molar-refractivity contribution < 1.29 is 9.18 Å². The Bertz CT molecular complexity index is 634. The van der Waals surface area contributed by atoms with E-state index in [9.17, 15) is 9.18 Å². The lowest BCUT2D eigenvalue weighted by Crippen LogP contribution is -2.15. The van der Waals surface area contributed by atoms with Crippen LogP contribution in [-0.4, -0.2) is 24.2 Å². The van der Waals surface area contributed by atoms with Crippen molar-refractivity contribution in [2.75, 3.05) is 23.9 Å². The zero-order valence-corrected chi connectivity index (χ0v) is 11.9. The second kappa shape index (κ2) is 6.38. The predicted molar refractivity (Wildman–Crippen MR) is 79.9 cm³/mol. The molecule has 0 fully saturated rings. The van der Waals surface area contributed by atoms with Gasteiger partial charge in [0.05, 0.1) is 17.4 Å². The van der Waals surface area contributed by atoms with Gasteiger partial charge in [0.1, 0.15) is 11.6 Å². The van der Waals surface area contributed by atoms with Crippen molar-refractivity contribution in [3.8, 4) is 0 Å². The molecular formula is C14H14FN3OS. The third-order valence-electron chi connectivity index (χ3n) is 2.69. The molecule has 20 heavy (non-hydrogen) atoms. The van der Waals surface area contributed by atoms with Gasteiger partial charge in [-0.1, -0.05) is 12.1 Å². The van der Waals surface area contributed by atoms with E-state index in [0.29, 0.717) is 11.5 Å². The molecule has 0 saturated carbocycles. The Hall–Kier alpha value is -2.08. The Balaban J connectivity index is 2.30. The molecule has 2 aromatic rings. The van der Waals surface area contributed by atoms with Crippen molar-refractivity contribution in [3.05, 3.63) is 47.9 Å². The van der Waals surface area contributed by atoms with E-state index < -0.39 is 11.7 Å². The van der Waals surface area contributed by atoms with Crippen LogP contribution < -0.4 is 10.6 Å². The van der Waals surface area contributed by atoms with Gasteiger partial charge in [0.25, 0.3) is 5.91 Å². The van der Waals surface area contributed by atoms with E-state index >= 15 is 0 Å². The number of hydrogen-bond donors (Lipinski definition) is 2. The van der Waals surface area contributed by atoms with Crippen molar-refractivity contribution >= 4 is 29.2 Å². The first-order valence-electron chi connectivity index (χ1n) is 5.93. The summed E-state index contributed by atoms with van der Waals surface area (Å²) in [5.74, 6) is -0.610. The summed E-state index contributed by atoms with van der Waals surface area (Å²) in [6, 6.07) is 8.59. The van der Waals surface area contributed by atoms with Gasteiger partial charge in [0.2, 0.25) is 0 Å².